The third-order valence-corrected chi connectivity index (χ3v) is 9.60. The molecule has 0 saturated heterocycles. The van der Waals surface area contributed by atoms with Gasteiger partial charge in [-0.15, -0.1) is 0 Å². The molecular formula is C36H48N4S3+2. The van der Waals surface area contributed by atoms with Crippen LogP contribution in [0.4, 0.5) is 11.4 Å². The minimum Gasteiger partial charge on any atom is -0.374 e. The van der Waals surface area contributed by atoms with Crippen molar-refractivity contribution in [3.8, 4) is 0 Å². The maximum atomic E-state index is 3.53. The van der Waals surface area contributed by atoms with Crippen molar-refractivity contribution in [1.29, 1.82) is 0 Å². The molecule has 0 bridgehead atoms. The number of thiol groups is 1. The highest BCUT2D eigenvalue weighted by Crippen LogP contribution is 2.24. The summed E-state index contributed by atoms with van der Waals surface area (Å²) in [4.78, 5) is 6.07. The van der Waals surface area contributed by atoms with Crippen molar-refractivity contribution in [2.24, 2.45) is 0 Å². The van der Waals surface area contributed by atoms with Crippen LogP contribution in [0, 0.1) is 0 Å². The lowest BCUT2D eigenvalue weighted by Gasteiger charge is -2.20. The third-order valence-electron chi connectivity index (χ3n) is 7.24. The quantitative estimate of drug-likeness (QED) is 0.0812. The van der Waals surface area contributed by atoms with Crippen LogP contribution in [-0.4, -0.2) is 51.5 Å². The number of anilines is 2. The Morgan fingerprint density at radius 2 is 1.16 bits per heavy atom. The predicted molar refractivity (Wildman–Crippen MR) is 198 cm³/mol. The predicted octanol–water partition coefficient (Wildman–Crippen LogP) is 6.99. The molecule has 2 heterocycles. The lowest BCUT2D eigenvalue weighted by Crippen LogP contribution is -3.01. The van der Waals surface area contributed by atoms with Crippen molar-refractivity contribution < 1.29 is 9.47 Å². The van der Waals surface area contributed by atoms with E-state index in [-0.39, 0.29) is 0 Å². The Kier molecular flexibility index (Phi) is 15.7. The number of aromatic nitrogens is 1. The summed E-state index contributed by atoms with van der Waals surface area (Å²) >= 11 is 3.53. The van der Waals surface area contributed by atoms with Gasteiger partial charge in [0.2, 0.25) is 0 Å². The Morgan fingerprint density at radius 1 is 0.698 bits per heavy atom. The molecule has 7 heteroatoms. The van der Waals surface area contributed by atoms with Crippen LogP contribution in [0.5, 0.6) is 0 Å². The van der Waals surface area contributed by atoms with Crippen LogP contribution in [0.1, 0.15) is 30.5 Å². The molecule has 0 fully saturated rings. The van der Waals surface area contributed by atoms with E-state index in [1.165, 1.54) is 38.5 Å². The molecule has 1 atom stereocenters. The van der Waals surface area contributed by atoms with E-state index >= 15 is 0 Å². The molecule has 1 unspecified atom stereocenters. The summed E-state index contributed by atoms with van der Waals surface area (Å²) in [5, 5.41) is 0. The van der Waals surface area contributed by atoms with Gasteiger partial charge in [-0.2, -0.15) is 12.6 Å². The molecule has 1 N–H and O–H groups in total. The smallest absolute Gasteiger partial charge is 0.169 e. The van der Waals surface area contributed by atoms with Gasteiger partial charge in [-0.25, -0.2) is 4.57 Å². The molecule has 2 aromatic carbocycles. The molecular weight excluding hydrogens is 585 g/mol. The summed E-state index contributed by atoms with van der Waals surface area (Å²) in [6.45, 7) is 8.50. The first-order valence-corrected chi connectivity index (χ1v) is 18.3. The summed E-state index contributed by atoms with van der Waals surface area (Å²) in [7, 11) is 8.28. The van der Waals surface area contributed by atoms with E-state index in [1.54, 1.807) is 6.26 Å². The molecule has 0 saturated carbocycles. The summed E-state index contributed by atoms with van der Waals surface area (Å²) in [5.41, 5.74) is 7.47. The van der Waals surface area contributed by atoms with E-state index in [4.69, 9.17) is 0 Å². The molecule has 43 heavy (non-hydrogen) atoms. The minimum atomic E-state index is 0.998. The van der Waals surface area contributed by atoms with Gasteiger partial charge in [-0.1, -0.05) is 64.1 Å². The second kappa shape index (κ2) is 19.4. The van der Waals surface area contributed by atoms with Crippen molar-refractivity contribution in [1.82, 2.24) is 0 Å². The molecule has 0 amide bonds. The van der Waals surface area contributed by atoms with Crippen LogP contribution >= 0.6 is 34.2 Å². The number of allylic oxidation sites excluding steroid dienone is 3. The Bertz CT molecular complexity index is 1330. The van der Waals surface area contributed by atoms with Crippen molar-refractivity contribution in [2.45, 2.75) is 20.4 Å². The first-order chi connectivity index (χ1) is 21.0. The molecule has 1 aliphatic heterocycles. The molecule has 3 aromatic rings. The Labute approximate surface area is 273 Å². The second-order valence-electron chi connectivity index (χ2n) is 10.2. The normalized spacial score (nSPS) is 14.2. The maximum absolute atomic E-state index is 3.53. The zero-order valence-corrected chi connectivity index (χ0v) is 28.8. The van der Waals surface area contributed by atoms with Crippen molar-refractivity contribution >= 4 is 63.8 Å². The first kappa shape index (κ1) is 34.6. The van der Waals surface area contributed by atoms with E-state index in [1.807, 2.05) is 21.6 Å². The number of nitrogens with one attached hydrogen (secondary N) is 1. The van der Waals surface area contributed by atoms with Gasteiger partial charge in [-0.05, 0) is 67.1 Å². The van der Waals surface area contributed by atoms with Gasteiger partial charge in [0, 0.05) is 73.8 Å². The highest BCUT2D eigenvalue weighted by atomic mass is 33.1. The fraction of sp³-hybridized carbons (Fsp3) is 0.306. The highest BCUT2D eigenvalue weighted by molar-refractivity contribution is 8.76. The summed E-state index contributed by atoms with van der Waals surface area (Å²) < 4.78 is 2.17. The Morgan fingerprint density at radius 3 is 1.60 bits per heavy atom. The van der Waals surface area contributed by atoms with E-state index in [0.29, 0.717) is 0 Å². The van der Waals surface area contributed by atoms with Gasteiger partial charge >= 0.3 is 0 Å². The van der Waals surface area contributed by atoms with E-state index in [2.05, 4.69) is 171 Å². The molecule has 4 nitrogen and oxygen atoms in total. The van der Waals surface area contributed by atoms with Gasteiger partial charge in [0.05, 0.1) is 12.7 Å². The van der Waals surface area contributed by atoms with Crippen molar-refractivity contribution in [3.63, 3.8) is 0 Å². The number of nitrogens with zero attached hydrogens (tertiary/aromatic N) is 3. The SMILES string of the molecule is CC[n+]1ccc(/C=C/c2ccc(N(C)CCSSCCN(C)c3ccc(/C=C/C4=C[NH+](CC)C=C4)cc3)cc2)cc1.CS. The van der Waals surface area contributed by atoms with Gasteiger partial charge in [-0.3, -0.25) is 4.90 Å². The average molecular weight is 633 g/mol. The molecule has 4 rings (SSSR count). The fourth-order valence-electron chi connectivity index (χ4n) is 4.42. The zero-order valence-electron chi connectivity index (χ0n) is 26.3. The standard InChI is InChI=1S/C35H43N4S2.CH4S/c1-5-38-22-19-32(20-23-38)8-7-30-11-15-34(16-12-30)36(3)25-27-40-41-28-26-37(4)35-17-13-31(14-18-35)9-10-33-21-24-39(6-2)29-33;1-2/h7-24,29H,5-6,25-28H2,1-4H3;2H,1H3/q+1;/p+1/b10-9+;. The number of aryl methyl sites for hydroxylation is 1. The monoisotopic (exact) mass is 632 g/mol. The highest BCUT2D eigenvalue weighted by Gasteiger charge is 2.06. The van der Waals surface area contributed by atoms with E-state index < -0.39 is 0 Å². The lowest BCUT2D eigenvalue weighted by atomic mass is 10.1. The van der Waals surface area contributed by atoms with Crippen LogP contribution in [0.2, 0.25) is 0 Å². The third kappa shape index (κ3) is 12.0. The number of benzene rings is 2. The average Bonchev–Trinajstić information content (AvgIpc) is 3.54. The Hall–Kier alpha value is -2.84. The van der Waals surface area contributed by atoms with Crippen LogP contribution in [0.3, 0.4) is 0 Å². The first-order valence-electron chi connectivity index (χ1n) is 15.0. The minimum absolute atomic E-state index is 0.998. The topological polar surface area (TPSA) is 14.8 Å². The lowest BCUT2D eigenvalue weighted by molar-refractivity contribution is -0.785. The molecule has 1 aromatic heterocycles. The number of pyridine rings is 1. The van der Waals surface area contributed by atoms with Crippen molar-refractivity contribution in [2.75, 3.05) is 61.3 Å². The van der Waals surface area contributed by atoms with Crippen LogP contribution < -0.4 is 19.3 Å². The van der Waals surface area contributed by atoms with Crippen LogP contribution in [0.25, 0.3) is 18.2 Å². The van der Waals surface area contributed by atoms with E-state index in [9.17, 15) is 0 Å². The van der Waals surface area contributed by atoms with Gasteiger partial charge in [0.1, 0.15) is 12.7 Å². The van der Waals surface area contributed by atoms with Gasteiger partial charge in [0.15, 0.2) is 12.4 Å². The van der Waals surface area contributed by atoms with Crippen molar-refractivity contribution in [3.05, 3.63) is 120 Å². The molecule has 0 spiro atoms. The number of rotatable bonds is 15. The number of hydrogen-bond donors (Lipinski definition) is 2. The Balaban J connectivity index is 0.00000248. The van der Waals surface area contributed by atoms with E-state index in [0.717, 1.165) is 37.7 Å². The maximum Gasteiger partial charge on any atom is 0.169 e. The van der Waals surface area contributed by atoms with Crippen LogP contribution in [-0.2, 0) is 6.54 Å². The van der Waals surface area contributed by atoms with Gasteiger partial charge in [0.25, 0.3) is 0 Å². The summed E-state index contributed by atoms with van der Waals surface area (Å²) in [6, 6.07) is 22.0. The van der Waals surface area contributed by atoms with Crippen LogP contribution in [0.15, 0.2) is 103 Å². The summed E-state index contributed by atoms with van der Waals surface area (Å²) in [6.07, 6.45) is 21.3. The van der Waals surface area contributed by atoms with Gasteiger partial charge < -0.3 is 9.80 Å². The molecule has 228 valence electrons. The molecule has 1 aliphatic rings. The molecule has 0 radical (unpaired) electrons. The fourth-order valence-corrected chi connectivity index (χ4v) is 6.50. The summed E-state index contributed by atoms with van der Waals surface area (Å²) in [5.74, 6) is 2.20. The number of hydrogen-bond acceptors (Lipinski definition) is 5. The molecule has 0 aliphatic carbocycles. The largest absolute Gasteiger partial charge is 0.374 e. The second-order valence-corrected chi connectivity index (χ2v) is 12.9. The zero-order chi connectivity index (χ0) is 30.9. The number of quaternary nitrogens is 1.